The van der Waals surface area contributed by atoms with Crippen molar-refractivity contribution in [3.05, 3.63) is 82.0 Å². The summed E-state index contributed by atoms with van der Waals surface area (Å²) < 4.78 is 34.6. The first kappa shape index (κ1) is 19.7. The van der Waals surface area contributed by atoms with E-state index < -0.39 is 12.7 Å². The molecular weight excluding hydrogens is 430 g/mol. The molecule has 1 N–H and O–H groups in total. The van der Waals surface area contributed by atoms with Crippen LogP contribution >= 0.6 is 0 Å². The Morgan fingerprint density at radius 1 is 1.12 bits per heavy atom. The fourth-order valence-electron chi connectivity index (χ4n) is 4.95. The van der Waals surface area contributed by atoms with Gasteiger partial charge >= 0.3 is 6.61 Å². The Morgan fingerprint density at radius 2 is 1.94 bits per heavy atom. The highest BCUT2D eigenvalue weighted by Crippen LogP contribution is 2.47. The summed E-state index contributed by atoms with van der Waals surface area (Å²) in [4.78, 5) is 29.4. The van der Waals surface area contributed by atoms with Gasteiger partial charge in [-0.2, -0.15) is 8.78 Å². The molecule has 0 radical (unpaired) electrons. The second kappa shape index (κ2) is 6.99. The molecule has 1 amide bonds. The molecule has 2 atom stereocenters. The summed E-state index contributed by atoms with van der Waals surface area (Å²) in [6.07, 6.45) is 2.25. The number of nitrogens with zero attached hydrogens (tertiary/aromatic N) is 3. The highest BCUT2D eigenvalue weighted by molar-refractivity contribution is 5.98. The van der Waals surface area contributed by atoms with Crippen LogP contribution in [-0.2, 0) is 7.05 Å². The number of nitrogens with one attached hydrogen (secondary N) is 1. The number of imidazole rings is 1. The van der Waals surface area contributed by atoms with Crippen LogP contribution in [0.5, 0.6) is 5.75 Å². The third kappa shape index (κ3) is 2.95. The summed E-state index contributed by atoms with van der Waals surface area (Å²) in [6, 6.07) is 12.9. The van der Waals surface area contributed by atoms with Gasteiger partial charge in [-0.15, -0.1) is 0 Å². The number of halogens is 2. The topological polar surface area (TPSA) is 78.2 Å². The van der Waals surface area contributed by atoms with Gasteiger partial charge in [0.2, 0.25) is 5.56 Å². The zero-order valence-corrected chi connectivity index (χ0v) is 17.5. The molecule has 2 aromatic heterocycles. The molecular formula is C24H18F2N4O3. The lowest BCUT2D eigenvalue weighted by molar-refractivity contribution is -0.0507. The minimum absolute atomic E-state index is 0.00721. The van der Waals surface area contributed by atoms with Gasteiger partial charge in [-0.3, -0.25) is 9.59 Å². The predicted octanol–water partition coefficient (Wildman–Crippen LogP) is 3.78. The van der Waals surface area contributed by atoms with Crippen molar-refractivity contribution >= 4 is 16.9 Å². The number of pyridine rings is 1. The molecule has 4 heterocycles. The van der Waals surface area contributed by atoms with Gasteiger partial charge in [0, 0.05) is 30.4 Å². The average Bonchev–Trinajstić information content (AvgIpc) is 3.27. The molecule has 7 nitrogen and oxygen atoms in total. The van der Waals surface area contributed by atoms with Crippen molar-refractivity contribution in [1.82, 2.24) is 19.4 Å². The molecule has 2 unspecified atom stereocenters. The van der Waals surface area contributed by atoms with Gasteiger partial charge in [0.05, 0.1) is 23.1 Å². The van der Waals surface area contributed by atoms with Gasteiger partial charge in [0.1, 0.15) is 11.6 Å². The van der Waals surface area contributed by atoms with Crippen LogP contribution in [0.2, 0.25) is 0 Å². The van der Waals surface area contributed by atoms with Gasteiger partial charge in [-0.05, 0) is 47.9 Å². The number of hydrogen-bond donors (Lipinski definition) is 1. The molecule has 0 saturated heterocycles. The van der Waals surface area contributed by atoms with Crippen LogP contribution in [-0.4, -0.2) is 26.6 Å². The predicted molar refractivity (Wildman–Crippen MR) is 116 cm³/mol. The van der Waals surface area contributed by atoms with Gasteiger partial charge in [0.25, 0.3) is 5.91 Å². The van der Waals surface area contributed by atoms with Crippen molar-refractivity contribution < 1.29 is 18.3 Å². The highest BCUT2D eigenvalue weighted by atomic mass is 19.3. The van der Waals surface area contributed by atoms with Crippen molar-refractivity contribution in [1.29, 1.82) is 0 Å². The molecule has 2 aromatic carbocycles. The molecule has 2 aliphatic rings. The maximum absolute atomic E-state index is 13.2. The summed E-state index contributed by atoms with van der Waals surface area (Å²) in [6.45, 7) is -3.00. The molecule has 9 heteroatoms. The number of benzene rings is 2. The third-order valence-electron chi connectivity index (χ3n) is 6.38. The fourth-order valence-corrected chi connectivity index (χ4v) is 4.95. The second-order valence-electron chi connectivity index (χ2n) is 8.28. The van der Waals surface area contributed by atoms with E-state index in [-0.39, 0.29) is 23.3 Å². The van der Waals surface area contributed by atoms with Gasteiger partial charge in [0.15, 0.2) is 0 Å². The first-order valence-electron chi connectivity index (χ1n) is 10.5. The molecule has 2 aliphatic heterocycles. The summed E-state index contributed by atoms with van der Waals surface area (Å²) in [5, 5.41) is 2.98. The van der Waals surface area contributed by atoms with E-state index in [0.29, 0.717) is 23.4 Å². The summed E-state index contributed by atoms with van der Waals surface area (Å²) in [7, 11) is 1.69. The third-order valence-corrected chi connectivity index (χ3v) is 6.38. The van der Waals surface area contributed by atoms with E-state index >= 15 is 0 Å². The Hall–Kier alpha value is -4.01. The van der Waals surface area contributed by atoms with Crippen molar-refractivity contribution in [3.8, 4) is 16.9 Å². The summed E-state index contributed by atoms with van der Waals surface area (Å²) in [5.74, 6) is 0.340. The Kier molecular flexibility index (Phi) is 4.17. The van der Waals surface area contributed by atoms with E-state index in [2.05, 4.69) is 5.32 Å². The molecule has 4 aromatic rings. The van der Waals surface area contributed by atoms with Crippen LogP contribution in [0.3, 0.4) is 0 Å². The lowest BCUT2D eigenvalue weighted by Crippen LogP contribution is -2.28. The molecule has 6 rings (SSSR count). The van der Waals surface area contributed by atoms with Crippen LogP contribution < -0.4 is 15.6 Å². The van der Waals surface area contributed by atoms with E-state index in [0.717, 1.165) is 22.2 Å². The van der Waals surface area contributed by atoms with Gasteiger partial charge in [-0.1, -0.05) is 12.1 Å². The maximum atomic E-state index is 13.2. The number of carbonyl (C=O) groups is 1. The van der Waals surface area contributed by atoms with Crippen molar-refractivity contribution in [3.63, 3.8) is 0 Å². The van der Waals surface area contributed by atoms with E-state index in [1.807, 2.05) is 22.8 Å². The van der Waals surface area contributed by atoms with Crippen LogP contribution in [0.1, 0.15) is 40.3 Å². The minimum atomic E-state index is -3.00. The highest BCUT2D eigenvalue weighted by Gasteiger charge is 2.42. The van der Waals surface area contributed by atoms with Gasteiger partial charge in [-0.25, -0.2) is 4.98 Å². The Labute approximate surface area is 186 Å². The van der Waals surface area contributed by atoms with Crippen molar-refractivity contribution in [2.45, 2.75) is 25.1 Å². The Bertz CT molecular complexity index is 1510. The van der Waals surface area contributed by atoms with Crippen LogP contribution in [0, 0.1) is 0 Å². The first-order chi connectivity index (χ1) is 15.9. The van der Waals surface area contributed by atoms with Crippen molar-refractivity contribution in [2.24, 2.45) is 7.05 Å². The quantitative estimate of drug-likeness (QED) is 0.518. The summed E-state index contributed by atoms with van der Waals surface area (Å²) in [5.41, 5.74) is 3.96. The number of hydrogen-bond acceptors (Lipinski definition) is 4. The lowest BCUT2D eigenvalue weighted by Gasteiger charge is -2.21. The number of carbonyl (C=O) groups excluding carboxylic acids is 1. The minimum Gasteiger partial charge on any atom is -0.434 e. The standard InChI is InChI=1S/C24H18F2N4O3/c1-29-11-13(6-8-20(29)31)12-5-7-15-17(9-12)30-18-10-16(22(30)27-15)28-23(32)14-3-2-4-19(21(14)18)33-24(25)26/h2-9,11,16,18,24H,10H2,1H3,(H,28,32). The van der Waals surface area contributed by atoms with Crippen LogP contribution in [0.25, 0.3) is 22.2 Å². The smallest absolute Gasteiger partial charge is 0.387 e. The number of aryl methyl sites for hydroxylation is 1. The number of ether oxygens (including phenoxy) is 1. The number of amides is 1. The number of aromatic nitrogens is 3. The Balaban J connectivity index is 1.57. The van der Waals surface area contributed by atoms with E-state index in [1.165, 1.54) is 16.7 Å². The lowest BCUT2D eigenvalue weighted by atomic mass is 9.97. The number of fused-ring (bicyclic) bond motifs is 9. The molecule has 2 bridgehead atoms. The molecule has 0 saturated carbocycles. The van der Waals surface area contributed by atoms with E-state index in [1.54, 1.807) is 31.4 Å². The molecule has 33 heavy (non-hydrogen) atoms. The Morgan fingerprint density at radius 3 is 2.73 bits per heavy atom. The summed E-state index contributed by atoms with van der Waals surface area (Å²) >= 11 is 0. The normalized spacial score (nSPS) is 18.7. The van der Waals surface area contributed by atoms with Crippen LogP contribution in [0.15, 0.2) is 59.5 Å². The fraction of sp³-hybridized carbons (Fsp3) is 0.208. The second-order valence-corrected chi connectivity index (χ2v) is 8.28. The zero-order valence-electron chi connectivity index (χ0n) is 17.5. The van der Waals surface area contributed by atoms with Gasteiger partial charge < -0.3 is 19.2 Å². The molecule has 0 aliphatic carbocycles. The number of rotatable bonds is 3. The monoisotopic (exact) mass is 448 g/mol. The average molecular weight is 448 g/mol. The largest absolute Gasteiger partial charge is 0.434 e. The molecule has 0 spiro atoms. The maximum Gasteiger partial charge on any atom is 0.387 e. The van der Waals surface area contributed by atoms with E-state index in [9.17, 15) is 18.4 Å². The number of alkyl halides is 2. The molecule has 166 valence electrons. The zero-order chi connectivity index (χ0) is 22.9. The first-order valence-corrected chi connectivity index (χ1v) is 10.5. The van der Waals surface area contributed by atoms with Crippen LogP contribution in [0.4, 0.5) is 8.78 Å². The molecule has 0 fully saturated rings. The van der Waals surface area contributed by atoms with Crippen molar-refractivity contribution in [2.75, 3.05) is 0 Å². The SMILES string of the molecule is Cn1cc(-c2ccc3nc4n(c3c2)C2CC4NC(=O)c3cccc(OC(F)F)c32)ccc1=O. The van der Waals surface area contributed by atoms with E-state index in [4.69, 9.17) is 9.72 Å².